The van der Waals surface area contributed by atoms with Crippen LogP contribution in [0.1, 0.15) is 25.7 Å². The quantitative estimate of drug-likeness (QED) is 0.475. The molecule has 52 valence electrons. The lowest BCUT2D eigenvalue weighted by Gasteiger charge is -2.20. The lowest BCUT2D eigenvalue weighted by Crippen LogP contribution is -2.23. The second-order valence-electron chi connectivity index (χ2n) is 3.26. The molecule has 0 aromatic rings. The molecule has 0 aliphatic heterocycles. The van der Waals surface area contributed by atoms with Gasteiger partial charge in [0, 0.05) is 12.3 Å². The zero-order chi connectivity index (χ0) is 6.48. The highest BCUT2D eigenvalue weighted by Crippen LogP contribution is 2.57. The zero-order valence-electron chi connectivity index (χ0n) is 5.24. The molecule has 0 N–H and O–H groups in total. The molecule has 0 unspecified atom stereocenters. The Hall–Kier alpha value is -0.140. The van der Waals surface area contributed by atoms with E-state index in [0.717, 1.165) is 19.3 Å². The summed E-state index contributed by atoms with van der Waals surface area (Å²) in [6, 6.07) is 0. The molecular weight excluding hydrogens is 122 g/mol. The standard InChI is InChI=1S/C7H10F2/c8-7(9)3-1-2-5-4-6(5)7/h5-6H,1-4H2/t5-,6+/m0/s1. The number of hydrogen-bond acceptors (Lipinski definition) is 0. The Balaban J connectivity index is 2.09. The Labute approximate surface area is 53.2 Å². The first-order chi connectivity index (χ1) is 4.20. The van der Waals surface area contributed by atoms with E-state index in [2.05, 4.69) is 0 Å². The number of alkyl halides is 2. The van der Waals surface area contributed by atoms with Crippen molar-refractivity contribution in [2.45, 2.75) is 31.6 Å². The third-order valence-corrected chi connectivity index (χ3v) is 2.55. The lowest BCUT2D eigenvalue weighted by atomic mass is 9.97. The van der Waals surface area contributed by atoms with Crippen LogP contribution < -0.4 is 0 Å². The molecule has 0 nitrogen and oxygen atoms in total. The maximum atomic E-state index is 12.6. The van der Waals surface area contributed by atoms with Gasteiger partial charge in [-0.05, 0) is 25.2 Å². The molecular formula is C7H10F2. The van der Waals surface area contributed by atoms with Gasteiger partial charge in [-0.15, -0.1) is 0 Å². The van der Waals surface area contributed by atoms with Gasteiger partial charge in [0.1, 0.15) is 0 Å². The molecule has 0 heterocycles. The van der Waals surface area contributed by atoms with Crippen molar-refractivity contribution in [1.82, 2.24) is 0 Å². The van der Waals surface area contributed by atoms with E-state index < -0.39 is 5.92 Å². The van der Waals surface area contributed by atoms with E-state index >= 15 is 0 Å². The molecule has 2 aliphatic carbocycles. The molecule has 2 atom stereocenters. The van der Waals surface area contributed by atoms with E-state index in [-0.39, 0.29) is 12.3 Å². The average Bonchev–Trinajstić information content (AvgIpc) is 2.43. The molecule has 0 saturated heterocycles. The van der Waals surface area contributed by atoms with Crippen molar-refractivity contribution in [3.05, 3.63) is 0 Å². The van der Waals surface area contributed by atoms with Crippen molar-refractivity contribution < 1.29 is 8.78 Å². The van der Waals surface area contributed by atoms with Crippen LogP contribution in [0.5, 0.6) is 0 Å². The van der Waals surface area contributed by atoms with Crippen LogP contribution in [0.3, 0.4) is 0 Å². The topological polar surface area (TPSA) is 0 Å². The molecule has 0 amide bonds. The van der Waals surface area contributed by atoms with Crippen LogP contribution in [-0.2, 0) is 0 Å². The summed E-state index contributed by atoms with van der Waals surface area (Å²) in [5.74, 6) is -2.11. The largest absolute Gasteiger partial charge is 0.251 e. The molecule has 2 rings (SSSR count). The molecule has 2 fully saturated rings. The number of halogens is 2. The molecule has 2 aliphatic rings. The summed E-state index contributed by atoms with van der Waals surface area (Å²) in [5, 5.41) is 0. The Morgan fingerprint density at radius 1 is 1.33 bits per heavy atom. The van der Waals surface area contributed by atoms with Crippen molar-refractivity contribution in [1.29, 1.82) is 0 Å². The highest BCUT2D eigenvalue weighted by molar-refractivity contribution is 4.99. The van der Waals surface area contributed by atoms with Gasteiger partial charge in [0.2, 0.25) is 0 Å². The monoisotopic (exact) mass is 132 g/mol. The van der Waals surface area contributed by atoms with E-state index in [4.69, 9.17) is 0 Å². The van der Waals surface area contributed by atoms with Crippen molar-refractivity contribution in [2.75, 3.05) is 0 Å². The average molecular weight is 132 g/mol. The van der Waals surface area contributed by atoms with Crippen molar-refractivity contribution in [3.8, 4) is 0 Å². The van der Waals surface area contributed by atoms with Gasteiger partial charge >= 0.3 is 0 Å². The zero-order valence-corrected chi connectivity index (χ0v) is 5.24. The molecule has 0 aromatic carbocycles. The summed E-state index contributed by atoms with van der Waals surface area (Å²) in [6.07, 6.45) is 2.75. The SMILES string of the molecule is FC1(F)CCC[C@H]2C[C@H]21. The molecule has 9 heavy (non-hydrogen) atoms. The maximum Gasteiger partial charge on any atom is 0.251 e. The number of hydrogen-bond donors (Lipinski definition) is 0. The molecule has 0 aromatic heterocycles. The smallest absolute Gasteiger partial charge is 0.207 e. The van der Waals surface area contributed by atoms with Crippen LogP contribution in [0.25, 0.3) is 0 Å². The van der Waals surface area contributed by atoms with E-state index in [1.54, 1.807) is 0 Å². The van der Waals surface area contributed by atoms with E-state index in [1.165, 1.54) is 0 Å². The normalized spacial score (nSPS) is 46.0. The van der Waals surface area contributed by atoms with Gasteiger partial charge in [-0.2, -0.15) is 0 Å². The minimum atomic E-state index is -2.29. The minimum Gasteiger partial charge on any atom is -0.207 e. The summed E-state index contributed by atoms with van der Waals surface area (Å²) in [4.78, 5) is 0. The van der Waals surface area contributed by atoms with Crippen LogP contribution in [-0.4, -0.2) is 5.92 Å². The summed E-state index contributed by atoms with van der Waals surface area (Å²) in [7, 11) is 0. The highest BCUT2D eigenvalue weighted by atomic mass is 19.3. The molecule has 0 radical (unpaired) electrons. The Bertz CT molecular complexity index is 131. The summed E-state index contributed by atoms with van der Waals surface area (Å²) >= 11 is 0. The van der Waals surface area contributed by atoms with Crippen molar-refractivity contribution in [2.24, 2.45) is 11.8 Å². The van der Waals surface area contributed by atoms with Crippen LogP contribution in [0.4, 0.5) is 8.78 Å². The fourth-order valence-corrected chi connectivity index (χ4v) is 1.87. The summed E-state index contributed by atoms with van der Waals surface area (Å²) in [6.45, 7) is 0. The van der Waals surface area contributed by atoms with Gasteiger partial charge in [-0.3, -0.25) is 0 Å². The Kier molecular flexibility index (Phi) is 0.920. The van der Waals surface area contributed by atoms with E-state index in [9.17, 15) is 8.78 Å². The van der Waals surface area contributed by atoms with Gasteiger partial charge in [0.05, 0.1) is 0 Å². The molecule has 2 saturated carbocycles. The summed E-state index contributed by atoms with van der Waals surface area (Å²) in [5.41, 5.74) is 0. The predicted molar refractivity (Wildman–Crippen MR) is 30.4 cm³/mol. The number of rotatable bonds is 0. The maximum absolute atomic E-state index is 12.6. The fraction of sp³-hybridized carbons (Fsp3) is 1.00. The van der Waals surface area contributed by atoms with Gasteiger partial charge in [0.25, 0.3) is 5.92 Å². The first-order valence-electron chi connectivity index (χ1n) is 3.58. The highest BCUT2D eigenvalue weighted by Gasteiger charge is 2.56. The second kappa shape index (κ2) is 1.47. The second-order valence-corrected chi connectivity index (χ2v) is 3.26. The van der Waals surface area contributed by atoms with Crippen molar-refractivity contribution in [3.63, 3.8) is 0 Å². The van der Waals surface area contributed by atoms with E-state index in [1.807, 2.05) is 0 Å². The van der Waals surface area contributed by atoms with Gasteiger partial charge in [0.15, 0.2) is 0 Å². The van der Waals surface area contributed by atoms with E-state index in [0.29, 0.717) is 5.92 Å². The third-order valence-electron chi connectivity index (χ3n) is 2.55. The predicted octanol–water partition coefficient (Wildman–Crippen LogP) is 2.44. The first kappa shape index (κ1) is 5.63. The van der Waals surface area contributed by atoms with Gasteiger partial charge < -0.3 is 0 Å². The van der Waals surface area contributed by atoms with Gasteiger partial charge in [-0.1, -0.05) is 0 Å². The number of fused-ring (bicyclic) bond motifs is 1. The van der Waals surface area contributed by atoms with Crippen LogP contribution in [0, 0.1) is 11.8 Å². The summed E-state index contributed by atoms with van der Waals surface area (Å²) < 4.78 is 25.3. The first-order valence-corrected chi connectivity index (χ1v) is 3.58. The Morgan fingerprint density at radius 2 is 2.11 bits per heavy atom. The molecule has 0 bridgehead atoms. The third kappa shape index (κ3) is 0.759. The van der Waals surface area contributed by atoms with Gasteiger partial charge in [-0.25, -0.2) is 8.78 Å². The molecule has 0 spiro atoms. The van der Waals surface area contributed by atoms with Crippen LogP contribution in [0.2, 0.25) is 0 Å². The Morgan fingerprint density at radius 3 is 2.67 bits per heavy atom. The minimum absolute atomic E-state index is 0.147. The van der Waals surface area contributed by atoms with Crippen LogP contribution >= 0.6 is 0 Å². The van der Waals surface area contributed by atoms with Crippen molar-refractivity contribution >= 4 is 0 Å². The molecule has 2 heteroatoms. The van der Waals surface area contributed by atoms with Crippen LogP contribution in [0.15, 0.2) is 0 Å². The lowest BCUT2D eigenvalue weighted by molar-refractivity contribution is -0.0491. The fourth-order valence-electron chi connectivity index (χ4n) is 1.87.